The first-order valence-corrected chi connectivity index (χ1v) is 5.20. The third kappa shape index (κ3) is 3.11. The summed E-state index contributed by atoms with van der Waals surface area (Å²) in [7, 11) is -4.25. The number of halogens is 2. The number of sulfone groups is 1. The van der Waals surface area contributed by atoms with Gasteiger partial charge in [0.1, 0.15) is 0 Å². The molecule has 0 aromatic rings. The van der Waals surface area contributed by atoms with Crippen LogP contribution in [0, 0.1) is 0 Å². The van der Waals surface area contributed by atoms with Gasteiger partial charge in [0.25, 0.3) is 0 Å². The molecule has 0 spiro atoms. The van der Waals surface area contributed by atoms with E-state index in [1.54, 1.807) is 0 Å². The standard InChI is InChI=1S/C6H8F2O6S/c1-14-4(9)2-3-15(12,13)6(7,8)5(10)11/h2-3H2,1H3,(H,10,11). The van der Waals surface area contributed by atoms with Gasteiger partial charge in [-0.15, -0.1) is 0 Å². The fourth-order valence-corrected chi connectivity index (χ4v) is 1.54. The molecule has 0 aromatic heterocycles. The Morgan fingerprint density at radius 3 is 2.20 bits per heavy atom. The van der Waals surface area contributed by atoms with Gasteiger partial charge in [0.05, 0.1) is 19.3 Å². The van der Waals surface area contributed by atoms with Crippen molar-refractivity contribution in [2.24, 2.45) is 0 Å². The first-order valence-electron chi connectivity index (χ1n) is 3.55. The Morgan fingerprint density at radius 1 is 1.40 bits per heavy atom. The molecule has 0 fully saturated rings. The molecular formula is C6H8F2O6S. The molecule has 0 aromatic carbocycles. The molecule has 88 valence electrons. The van der Waals surface area contributed by atoms with Gasteiger partial charge in [0.15, 0.2) is 0 Å². The predicted octanol–water partition coefficient (Wildman–Crippen LogP) is -0.358. The third-order valence-electron chi connectivity index (χ3n) is 1.44. The van der Waals surface area contributed by atoms with Crippen LogP contribution in [-0.4, -0.2) is 43.6 Å². The van der Waals surface area contributed by atoms with Gasteiger partial charge < -0.3 is 9.84 Å². The SMILES string of the molecule is COC(=O)CCS(=O)(=O)C(F)(F)C(=O)O. The number of carboxylic acid groups (broad SMARTS) is 1. The molecule has 0 saturated heterocycles. The topological polar surface area (TPSA) is 97.7 Å². The minimum absolute atomic E-state index is 0.818. The Labute approximate surface area is 83.8 Å². The van der Waals surface area contributed by atoms with Crippen molar-refractivity contribution in [1.82, 2.24) is 0 Å². The van der Waals surface area contributed by atoms with Crippen LogP contribution in [0.1, 0.15) is 6.42 Å². The molecule has 0 rings (SSSR count). The van der Waals surface area contributed by atoms with Crippen molar-refractivity contribution in [2.75, 3.05) is 12.9 Å². The molecule has 15 heavy (non-hydrogen) atoms. The second-order valence-corrected chi connectivity index (χ2v) is 4.62. The van der Waals surface area contributed by atoms with Crippen molar-refractivity contribution in [3.05, 3.63) is 0 Å². The number of carbonyl (C=O) groups is 2. The highest BCUT2D eigenvalue weighted by Crippen LogP contribution is 2.23. The van der Waals surface area contributed by atoms with Crippen LogP contribution < -0.4 is 0 Å². The van der Waals surface area contributed by atoms with E-state index in [-0.39, 0.29) is 0 Å². The van der Waals surface area contributed by atoms with E-state index in [2.05, 4.69) is 4.74 Å². The van der Waals surface area contributed by atoms with E-state index in [1.165, 1.54) is 0 Å². The van der Waals surface area contributed by atoms with Gasteiger partial charge >= 0.3 is 17.2 Å². The molecule has 0 atom stereocenters. The molecule has 0 amide bonds. The number of alkyl halides is 2. The van der Waals surface area contributed by atoms with Crippen LogP contribution in [0.25, 0.3) is 0 Å². The Kier molecular flexibility index (Phi) is 4.14. The van der Waals surface area contributed by atoms with Crippen LogP contribution in [0.5, 0.6) is 0 Å². The Hall–Kier alpha value is -1.25. The largest absolute Gasteiger partial charge is 0.476 e. The molecule has 0 aliphatic carbocycles. The molecule has 0 bridgehead atoms. The highest BCUT2D eigenvalue weighted by Gasteiger charge is 2.52. The summed E-state index contributed by atoms with van der Waals surface area (Å²) in [6.45, 7) is 0. The fourth-order valence-electron chi connectivity index (χ4n) is 0.581. The number of esters is 1. The zero-order chi connectivity index (χ0) is 12.3. The van der Waals surface area contributed by atoms with E-state index in [1.807, 2.05) is 0 Å². The molecule has 0 radical (unpaired) electrons. The second kappa shape index (κ2) is 4.51. The van der Waals surface area contributed by atoms with Crippen LogP contribution in [0.3, 0.4) is 0 Å². The summed E-state index contributed by atoms with van der Waals surface area (Å²) in [5.41, 5.74) is 0. The number of aliphatic carboxylic acids is 1. The Morgan fingerprint density at radius 2 is 1.87 bits per heavy atom. The Balaban J connectivity index is 4.71. The predicted molar refractivity (Wildman–Crippen MR) is 43.0 cm³/mol. The van der Waals surface area contributed by atoms with Gasteiger partial charge in [-0.3, -0.25) is 4.79 Å². The van der Waals surface area contributed by atoms with Crippen LogP contribution in [0.4, 0.5) is 8.78 Å². The van der Waals surface area contributed by atoms with E-state index in [4.69, 9.17) is 5.11 Å². The van der Waals surface area contributed by atoms with Crippen LogP contribution in [0.2, 0.25) is 0 Å². The number of hydrogen-bond donors (Lipinski definition) is 1. The maximum absolute atomic E-state index is 12.5. The quantitative estimate of drug-likeness (QED) is 0.665. The fraction of sp³-hybridized carbons (Fsp3) is 0.667. The number of hydrogen-bond acceptors (Lipinski definition) is 5. The van der Waals surface area contributed by atoms with Crippen LogP contribution in [0.15, 0.2) is 0 Å². The normalized spacial score (nSPS) is 12.2. The summed E-state index contributed by atoms with van der Waals surface area (Å²) in [6, 6.07) is 0. The highest BCUT2D eigenvalue weighted by atomic mass is 32.2. The van der Waals surface area contributed by atoms with E-state index < -0.39 is 39.2 Å². The van der Waals surface area contributed by atoms with E-state index in [0.29, 0.717) is 0 Å². The average molecular weight is 246 g/mol. The van der Waals surface area contributed by atoms with Crippen molar-refractivity contribution in [3.63, 3.8) is 0 Å². The minimum Gasteiger partial charge on any atom is -0.476 e. The number of carbonyl (C=O) groups excluding carboxylic acids is 1. The molecule has 0 aliphatic rings. The van der Waals surface area contributed by atoms with Crippen molar-refractivity contribution >= 4 is 21.8 Å². The van der Waals surface area contributed by atoms with E-state index in [0.717, 1.165) is 7.11 Å². The van der Waals surface area contributed by atoms with E-state index in [9.17, 15) is 26.8 Å². The number of methoxy groups -OCH3 is 1. The molecule has 9 heteroatoms. The second-order valence-electron chi connectivity index (χ2n) is 2.47. The van der Waals surface area contributed by atoms with Gasteiger partial charge in [0, 0.05) is 0 Å². The number of carboxylic acids is 1. The van der Waals surface area contributed by atoms with Gasteiger partial charge in [-0.05, 0) is 0 Å². The first-order chi connectivity index (χ1) is 6.65. The summed E-state index contributed by atoms with van der Waals surface area (Å²) in [6.07, 6.45) is -0.818. The summed E-state index contributed by atoms with van der Waals surface area (Å²) in [5.74, 6) is -5.06. The smallest absolute Gasteiger partial charge is 0.439 e. The van der Waals surface area contributed by atoms with Gasteiger partial charge in [-0.2, -0.15) is 8.78 Å². The van der Waals surface area contributed by atoms with E-state index >= 15 is 0 Å². The average Bonchev–Trinajstić information content (AvgIpc) is 2.13. The molecule has 0 aliphatic heterocycles. The lowest BCUT2D eigenvalue weighted by molar-refractivity contribution is -0.153. The van der Waals surface area contributed by atoms with Crippen molar-refractivity contribution < 1.29 is 36.6 Å². The molecule has 6 nitrogen and oxygen atoms in total. The Bertz CT molecular complexity index is 360. The van der Waals surface area contributed by atoms with Crippen molar-refractivity contribution in [2.45, 2.75) is 11.7 Å². The zero-order valence-electron chi connectivity index (χ0n) is 7.57. The molecule has 0 heterocycles. The van der Waals surface area contributed by atoms with Crippen molar-refractivity contribution in [3.8, 4) is 0 Å². The lowest BCUT2D eigenvalue weighted by atomic mass is 10.5. The molecule has 1 N–H and O–H groups in total. The van der Waals surface area contributed by atoms with Gasteiger partial charge in [-0.1, -0.05) is 0 Å². The minimum atomic E-state index is -5.20. The van der Waals surface area contributed by atoms with Crippen LogP contribution >= 0.6 is 0 Å². The molecule has 0 unspecified atom stereocenters. The third-order valence-corrected chi connectivity index (χ3v) is 3.14. The summed E-state index contributed by atoms with van der Waals surface area (Å²) >= 11 is 0. The van der Waals surface area contributed by atoms with Crippen LogP contribution in [-0.2, 0) is 24.2 Å². The zero-order valence-corrected chi connectivity index (χ0v) is 8.38. The first kappa shape index (κ1) is 13.8. The lowest BCUT2D eigenvalue weighted by Gasteiger charge is -2.11. The highest BCUT2D eigenvalue weighted by molar-refractivity contribution is 7.93. The number of ether oxygens (including phenoxy) is 1. The van der Waals surface area contributed by atoms with Crippen molar-refractivity contribution in [1.29, 1.82) is 0 Å². The summed E-state index contributed by atoms with van der Waals surface area (Å²) in [4.78, 5) is 20.4. The molecular weight excluding hydrogens is 238 g/mol. The summed E-state index contributed by atoms with van der Waals surface area (Å²) in [5, 5.41) is 3.07. The lowest BCUT2D eigenvalue weighted by Crippen LogP contribution is -2.39. The maximum Gasteiger partial charge on any atom is 0.439 e. The maximum atomic E-state index is 12.5. The monoisotopic (exact) mass is 246 g/mol. The van der Waals surface area contributed by atoms with Gasteiger partial charge in [-0.25, -0.2) is 13.2 Å². The molecule has 0 saturated carbocycles. The summed E-state index contributed by atoms with van der Waals surface area (Å²) < 4.78 is 50.7. The van der Waals surface area contributed by atoms with Gasteiger partial charge in [0.2, 0.25) is 9.84 Å². The number of rotatable bonds is 5.